The van der Waals surface area contributed by atoms with Gasteiger partial charge in [-0.1, -0.05) is 0 Å². The fourth-order valence-corrected chi connectivity index (χ4v) is 1.49. The molecular weight excluding hydrogens is 160 g/mol. The van der Waals surface area contributed by atoms with Crippen LogP contribution in [0.5, 0.6) is 0 Å². The molecule has 12 heavy (non-hydrogen) atoms. The molecule has 1 N–H and O–H groups in total. The Balaban J connectivity index is 1.98. The van der Waals surface area contributed by atoms with Gasteiger partial charge in [-0.15, -0.1) is 0 Å². The van der Waals surface area contributed by atoms with Gasteiger partial charge in [-0.25, -0.2) is 5.01 Å². The van der Waals surface area contributed by atoms with Crippen molar-refractivity contribution in [2.24, 2.45) is 10.2 Å². The minimum atomic E-state index is -0.0718. The summed E-state index contributed by atoms with van der Waals surface area (Å²) in [6.45, 7) is 0.951. The molecule has 6 heteroatoms. The maximum Gasteiger partial charge on any atom is 0.179 e. The maximum atomic E-state index is 5.34. The van der Waals surface area contributed by atoms with Crippen LogP contribution in [0, 0.1) is 0 Å². The van der Waals surface area contributed by atoms with Gasteiger partial charge in [0.2, 0.25) is 0 Å². The van der Waals surface area contributed by atoms with E-state index in [1.54, 1.807) is 11.2 Å². The first kappa shape index (κ1) is 6.38. The van der Waals surface area contributed by atoms with E-state index in [1.165, 1.54) is 0 Å². The largest absolute Gasteiger partial charge is 0.343 e. The van der Waals surface area contributed by atoms with Crippen molar-refractivity contribution in [3.8, 4) is 0 Å². The minimum absolute atomic E-state index is 0.0556. The summed E-state index contributed by atoms with van der Waals surface area (Å²) in [6, 6.07) is 0. The smallest absolute Gasteiger partial charge is 0.179 e. The average molecular weight is 168 g/mol. The predicted molar refractivity (Wildman–Crippen MR) is 40.4 cm³/mol. The quantitative estimate of drug-likeness (QED) is 0.499. The molecule has 3 rings (SSSR count). The van der Waals surface area contributed by atoms with E-state index in [-0.39, 0.29) is 12.2 Å². The summed E-state index contributed by atoms with van der Waals surface area (Å²) in [5.74, 6) is 0.819. The van der Waals surface area contributed by atoms with Crippen molar-refractivity contribution >= 4 is 12.1 Å². The number of nitrogens with one attached hydrogen (secondary N) is 1. The molecule has 0 aromatic rings. The standard InChI is InChI=1S/C6H8N4O2/c1-4-5(12-3-11-4)6-9-7-2-10(6)8-1/h1,4-5,7H,2-3H2. The minimum Gasteiger partial charge on any atom is -0.343 e. The molecular formula is C6H8N4O2. The Kier molecular flexibility index (Phi) is 1.16. The first-order chi connectivity index (χ1) is 5.95. The zero-order chi connectivity index (χ0) is 7.97. The molecule has 3 aliphatic heterocycles. The molecule has 3 heterocycles. The summed E-state index contributed by atoms with van der Waals surface area (Å²) in [5.41, 5.74) is 2.84. The third-order valence-corrected chi connectivity index (χ3v) is 2.09. The molecule has 1 saturated heterocycles. The van der Waals surface area contributed by atoms with Gasteiger partial charge in [0.05, 0.1) is 6.21 Å². The summed E-state index contributed by atoms with van der Waals surface area (Å²) >= 11 is 0. The Labute approximate surface area is 68.8 Å². The Morgan fingerprint density at radius 2 is 2.58 bits per heavy atom. The predicted octanol–water partition coefficient (Wildman–Crippen LogP) is -1.10. The highest BCUT2D eigenvalue weighted by Gasteiger charge is 2.40. The van der Waals surface area contributed by atoms with Gasteiger partial charge in [0.1, 0.15) is 19.6 Å². The van der Waals surface area contributed by atoms with E-state index in [2.05, 4.69) is 15.6 Å². The van der Waals surface area contributed by atoms with Crippen molar-refractivity contribution in [3.05, 3.63) is 0 Å². The monoisotopic (exact) mass is 168 g/mol. The highest BCUT2D eigenvalue weighted by Crippen LogP contribution is 2.20. The molecule has 0 aromatic carbocycles. The fourth-order valence-electron chi connectivity index (χ4n) is 1.49. The normalized spacial score (nSPS) is 37.3. The average Bonchev–Trinajstić information content (AvgIpc) is 2.71. The van der Waals surface area contributed by atoms with E-state index in [9.17, 15) is 0 Å². The molecule has 0 bridgehead atoms. The summed E-state index contributed by atoms with van der Waals surface area (Å²) in [7, 11) is 0. The molecule has 3 aliphatic rings. The second kappa shape index (κ2) is 2.18. The number of amidine groups is 1. The lowest BCUT2D eigenvalue weighted by Crippen LogP contribution is -2.44. The highest BCUT2D eigenvalue weighted by molar-refractivity contribution is 5.94. The number of nitrogens with zero attached hydrogens (tertiary/aromatic N) is 3. The second-order valence-corrected chi connectivity index (χ2v) is 2.79. The number of hydrazone groups is 2. The molecule has 0 radical (unpaired) electrons. The van der Waals surface area contributed by atoms with Crippen molar-refractivity contribution in [1.29, 1.82) is 0 Å². The molecule has 2 atom stereocenters. The fraction of sp³-hybridized carbons (Fsp3) is 0.667. The third kappa shape index (κ3) is 0.705. The number of fused-ring (bicyclic) bond motifs is 3. The number of hydrogen-bond donors (Lipinski definition) is 1. The first-order valence-electron chi connectivity index (χ1n) is 3.80. The summed E-state index contributed by atoms with van der Waals surface area (Å²) in [5, 5.41) is 9.99. The van der Waals surface area contributed by atoms with Crippen LogP contribution in [-0.2, 0) is 9.47 Å². The van der Waals surface area contributed by atoms with Crippen LogP contribution in [0.4, 0.5) is 0 Å². The van der Waals surface area contributed by atoms with Gasteiger partial charge in [-0.3, -0.25) is 5.43 Å². The van der Waals surface area contributed by atoms with E-state index >= 15 is 0 Å². The van der Waals surface area contributed by atoms with Crippen molar-refractivity contribution in [1.82, 2.24) is 10.4 Å². The first-order valence-corrected chi connectivity index (χ1v) is 3.80. The van der Waals surface area contributed by atoms with E-state index in [4.69, 9.17) is 9.47 Å². The van der Waals surface area contributed by atoms with Gasteiger partial charge in [-0.05, 0) is 0 Å². The molecule has 0 saturated carbocycles. The van der Waals surface area contributed by atoms with Crippen molar-refractivity contribution < 1.29 is 9.47 Å². The maximum absolute atomic E-state index is 5.34. The van der Waals surface area contributed by atoms with Crippen LogP contribution in [0.25, 0.3) is 0 Å². The SMILES string of the molecule is C1=NN2CNN=C2C2OCOC12. The Morgan fingerprint density at radius 1 is 1.58 bits per heavy atom. The van der Waals surface area contributed by atoms with Gasteiger partial charge in [0.25, 0.3) is 0 Å². The Hall–Kier alpha value is -1.14. The van der Waals surface area contributed by atoms with Crippen molar-refractivity contribution in [2.75, 3.05) is 13.5 Å². The van der Waals surface area contributed by atoms with Crippen LogP contribution in [0.1, 0.15) is 0 Å². The lowest BCUT2D eigenvalue weighted by molar-refractivity contribution is 0.0548. The van der Waals surface area contributed by atoms with E-state index in [0.29, 0.717) is 13.5 Å². The van der Waals surface area contributed by atoms with Gasteiger partial charge in [-0.2, -0.15) is 10.2 Å². The highest BCUT2D eigenvalue weighted by atomic mass is 16.7. The van der Waals surface area contributed by atoms with Crippen LogP contribution < -0.4 is 5.43 Å². The van der Waals surface area contributed by atoms with E-state index in [0.717, 1.165) is 5.84 Å². The molecule has 0 aliphatic carbocycles. The van der Waals surface area contributed by atoms with Crippen molar-refractivity contribution in [3.63, 3.8) is 0 Å². The van der Waals surface area contributed by atoms with Gasteiger partial charge >= 0.3 is 0 Å². The zero-order valence-corrected chi connectivity index (χ0v) is 6.30. The van der Waals surface area contributed by atoms with Crippen LogP contribution in [0.2, 0.25) is 0 Å². The van der Waals surface area contributed by atoms with Crippen LogP contribution in [0.3, 0.4) is 0 Å². The number of ether oxygens (including phenoxy) is 2. The summed E-state index contributed by atoms with van der Waals surface area (Å²) in [4.78, 5) is 0. The van der Waals surface area contributed by atoms with Crippen molar-refractivity contribution in [2.45, 2.75) is 12.2 Å². The van der Waals surface area contributed by atoms with Gasteiger partial charge in [0.15, 0.2) is 11.9 Å². The summed E-state index contributed by atoms with van der Waals surface area (Å²) < 4.78 is 10.6. The molecule has 0 amide bonds. The second-order valence-electron chi connectivity index (χ2n) is 2.79. The molecule has 0 aromatic heterocycles. The topological polar surface area (TPSA) is 58.5 Å². The number of rotatable bonds is 0. The molecule has 6 nitrogen and oxygen atoms in total. The van der Waals surface area contributed by atoms with Crippen LogP contribution in [0.15, 0.2) is 10.2 Å². The van der Waals surface area contributed by atoms with Gasteiger partial charge < -0.3 is 9.47 Å². The van der Waals surface area contributed by atoms with E-state index in [1.807, 2.05) is 0 Å². The molecule has 0 spiro atoms. The lowest BCUT2D eigenvalue weighted by Gasteiger charge is -2.23. The van der Waals surface area contributed by atoms with E-state index < -0.39 is 0 Å². The van der Waals surface area contributed by atoms with Crippen LogP contribution in [-0.4, -0.2) is 42.7 Å². The summed E-state index contributed by atoms with van der Waals surface area (Å²) in [6.07, 6.45) is 1.63. The Bertz CT molecular complexity index is 264. The molecule has 1 fully saturated rings. The lowest BCUT2D eigenvalue weighted by atomic mass is 10.2. The Morgan fingerprint density at radius 3 is 3.58 bits per heavy atom. The zero-order valence-electron chi connectivity index (χ0n) is 6.30. The van der Waals surface area contributed by atoms with Crippen LogP contribution >= 0.6 is 0 Å². The van der Waals surface area contributed by atoms with Gasteiger partial charge in [0, 0.05) is 0 Å². The number of hydrogen-bond acceptors (Lipinski definition) is 6. The third-order valence-electron chi connectivity index (χ3n) is 2.09. The molecule has 2 unspecified atom stereocenters. The molecule has 64 valence electrons.